The molecule has 0 aliphatic carbocycles. The first-order chi connectivity index (χ1) is 16.2. The second-order valence-corrected chi connectivity index (χ2v) is 10.1. The van der Waals surface area contributed by atoms with Gasteiger partial charge in [0.05, 0.1) is 16.5 Å². The summed E-state index contributed by atoms with van der Waals surface area (Å²) in [7, 11) is -4.48. The first kappa shape index (κ1) is 26.0. The van der Waals surface area contributed by atoms with E-state index in [9.17, 15) is 21.6 Å². The Kier molecular flexibility index (Phi) is 8.91. The lowest BCUT2D eigenvalue weighted by Gasteiger charge is -2.29. The van der Waals surface area contributed by atoms with Gasteiger partial charge in [-0.2, -0.15) is 13.2 Å². The summed E-state index contributed by atoms with van der Waals surface area (Å²) < 4.78 is 70.2. The van der Waals surface area contributed by atoms with Gasteiger partial charge in [-0.05, 0) is 29.7 Å². The van der Waals surface area contributed by atoms with E-state index in [1.165, 1.54) is 12.1 Å². The molecule has 0 heterocycles. The van der Waals surface area contributed by atoms with Gasteiger partial charge in [0.2, 0.25) is 10.0 Å². The number of benzene rings is 3. The summed E-state index contributed by atoms with van der Waals surface area (Å²) in [4.78, 5) is -0.763. The van der Waals surface area contributed by atoms with E-state index in [2.05, 4.69) is 11.6 Å². The van der Waals surface area contributed by atoms with E-state index in [0.717, 1.165) is 43.4 Å². The van der Waals surface area contributed by atoms with Crippen LogP contribution in [-0.4, -0.2) is 8.42 Å². The highest BCUT2D eigenvalue weighted by Gasteiger charge is 2.38. The molecule has 7 heteroatoms. The van der Waals surface area contributed by atoms with Crippen LogP contribution in [0.15, 0.2) is 89.8 Å². The maximum absolute atomic E-state index is 13.6. The average Bonchev–Trinajstić information content (AvgIpc) is 2.83. The highest BCUT2D eigenvalue weighted by atomic mass is 32.2. The van der Waals surface area contributed by atoms with Crippen molar-refractivity contribution in [3.05, 3.63) is 102 Å². The van der Waals surface area contributed by atoms with E-state index in [1.807, 2.05) is 48.5 Å². The fourth-order valence-electron chi connectivity index (χ4n) is 4.23. The fourth-order valence-corrected chi connectivity index (χ4v) is 5.72. The van der Waals surface area contributed by atoms with Gasteiger partial charge in [0.25, 0.3) is 0 Å². The highest BCUT2D eigenvalue weighted by Crippen LogP contribution is 2.38. The van der Waals surface area contributed by atoms with Crippen LogP contribution in [0.3, 0.4) is 0 Å². The zero-order chi connectivity index (χ0) is 24.6. The number of hydrogen-bond donors (Lipinski definition) is 1. The van der Waals surface area contributed by atoms with E-state index in [0.29, 0.717) is 12.0 Å². The summed E-state index contributed by atoms with van der Waals surface area (Å²) in [5.74, 6) is -0.242. The Hall–Kier alpha value is -2.64. The van der Waals surface area contributed by atoms with Crippen molar-refractivity contribution < 1.29 is 21.6 Å². The molecule has 0 saturated heterocycles. The van der Waals surface area contributed by atoms with Gasteiger partial charge in [0, 0.05) is 5.92 Å². The molecule has 0 radical (unpaired) electrons. The minimum atomic E-state index is -4.79. The van der Waals surface area contributed by atoms with Gasteiger partial charge in [-0.25, -0.2) is 13.1 Å². The highest BCUT2D eigenvalue weighted by molar-refractivity contribution is 7.89. The lowest BCUT2D eigenvalue weighted by molar-refractivity contribution is -0.139. The number of nitrogens with one attached hydrogen (secondary N) is 1. The van der Waals surface area contributed by atoms with E-state index < -0.39 is 32.7 Å². The van der Waals surface area contributed by atoms with Crippen molar-refractivity contribution >= 4 is 10.0 Å². The number of halogens is 3. The molecule has 182 valence electrons. The fraction of sp³-hybridized carbons (Fsp3) is 0.333. The van der Waals surface area contributed by atoms with Crippen LogP contribution in [0.4, 0.5) is 13.2 Å². The van der Waals surface area contributed by atoms with Crippen molar-refractivity contribution in [1.29, 1.82) is 0 Å². The molecule has 3 rings (SSSR count). The lowest BCUT2D eigenvalue weighted by Crippen LogP contribution is -2.34. The van der Waals surface area contributed by atoms with Crippen LogP contribution in [-0.2, 0) is 16.2 Å². The van der Waals surface area contributed by atoms with Gasteiger partial charge in [-0.3, -0.25) is 0 Å². The molecule has 0 unspecified atom stereocenters. The summed E-state index contributed by atoms with van der Waals surface area (Å²) in [5, 5.41) is 0. The van der Waals surface area contributed by atoms with Gasteiger partial charge in [-0.15, -0.1) is 0 Å². The molecular weight excluding hydrogens is 459 g/mol. The summed E-state index contributed by atoms with van der Waals surface area (Å²) in [5.41, 5.74) is 0.480. The Bertz CT molecular complexity index is 1130. The average molecular weight is 490 g/mol. The number of unbranched alkanes of at least 4 members (excludes halogenated alkanes) is 3. The van der Waals surface area contributed by atoms with Gasteiger partial charge >= 0.3 is 6.18 Å². The minimum absolute atomic E-state index is 0.242. The zero-order valence-corrected chi connectivity index (χ0v) is 19.9. The Morgan fingerprint density at radius 3 is 1.91 bits per heavy atom. The normalized spacial score (nSPS) is 14.0. The smallest absolute Gasteiger partial charge is 0.207 e. The van der Waals surface area contributed by atoms with Crippen molar-refractivity contribution in [3.63, 3.8) is 0 Å². The third-order valence-corrected chi connectivity index (χ3v) is 7.42. The van der Waals surface area contributed by atoms with E-state index in [4.69, 9.17) is 0 Å². The number of alkyl halides is 3. The van der Waals surface area contributed by atoms with Crippen LogP contribution in [0.1, 0.15) is 67.7 Å². The number of hydrogen-bond acceptors (Lipinski definition) is 2. The summed E-state index contributed by atoms with van der Waals surface area (Å²) in [6, 6.07) is 22.2. The topological polar surface area (TPSA) is 46.2 Å². The number of sulfonamides is 1. The van der Waals surface area contributed by atoms with Crippen molar-refractivity contribution in [2.75, 3.05) is 0 Å². The monoisotopic (exact) mass is 489 g/mol. The van der Waals surface area contributed by atoms with Crippen LogP contribution in [0.5, 0.6) is 0 Å². The van der Waals surface area contributed by atoms with E-state index in [-0.39, 0.29) is 5.92 Å². The van der Waals surface area contributed by atoms with Crippen molar-refractivity contribution in [3.8, 4) is 0 Å². The molecule has 0 aromatic heterocycles. The largest absolute Gasteiger partial charge is 0.417 e. The Labute approximate surface area is 200 Å². The van der Waals surface area contributed by atoms with Crippen LogP contribution in [0.2, 0.25) is 0 Å². The van der Waals surface area contributed by atoms with Crippen molar-refractivity contribution in [2.24, 2.45) is 0 Å². The van der Waals surface area contributed by atoms with E-state index >= 15 is 0 Å². The third kappa shape index (κ3) is 6.70. The first-order valence-electron chi connectivity index (χ1n) is 11.5. The molecule has 3 aromatic rings. The molecule has 0 amide bonds. The predicted molar refractivity (Wildman–Crippen MR) is 129 cm³/mol. The third-order valence-electron chi connectivity index (χ3n) is 5.92. The maximum atomic E-state index is 13.6. The first-order valence-corrected chi connectivity index (χ1v) is 13.0. The maximum Gasteiger partial charge on any atom is 0.417 e. The second kappa shape index (κ2) is 11.7. The van der Waals surface area contributed by atoms with Gasteiger partial charge < -0.3 is 0 Å². The van der Waals surface area contributed by atoms with Gasteiger partial charge in [0.15, 0.2) is 0 Å². The Morgan fingerprint density at radius 1 is 0.765 bits per heavy atom. The molecule has 0 aliphatic heterocycles. The molecule has 2 atom stereocenters. The molecule has 0 aliphatic rings. The summed E-state index contributed by atoms with van der Waals surface area (Å²) in [6.07, 6.45) is -0.0522. The van der Waals surface area contributed by atoms with Crippen LogP contribution < -0.4 is 4.72 Å². The Morgan fingerprint density at radius 2 is 1.32 bits per heavy atom. The molecule has 3 nitrogen and oxygen atoms in total. The van der Waals surface area contributed by atoms with Gasteiger partial charge in [0.1, 0.15) is 0 Å². The van der Waals surface area contributed by atoms with Crippen molar-refractivity contribution in [1.82, 2.24) is 4.72 Å². The molecule has 1 N–H and O–H groups in total. The molecule has 0 fully saturated rings. The molecule has 0 bridgehead atoms. The summed E-state index contributed by atoms with van der Waals surface area (Å²) >= 11 is 0. The lowest BCUT2D eigenvalue weighted by atomic mass is 9.84. The standard InChI is InChI=1S/C27H30F3NO2S/c1-2-3-4-11-18-23(21-14-7-5-8-15-21)26(22-16-9-6-10-17-22)31-34(32,33)25-20-13-12-19-24(25)27(28,29)30/h5-10,12-17,19-20,23,26,31H,2-4,11,18H2,1H3/t23-,26-/m1/s1. The summed E-state index contributed by atoms with van der Waals surface area (Å²) in [6.45, 7) is 2.12. The van der Waals surface area contributed by atoms with Crippen LogP contribution >= 0.6 is 0 Å². The van der Waals surface area contributed by atoms with Crippen molar-refractivity contribution in [2.45, 2.75) is 62.1 Å². The predicted octanol–water partition coefficient (Wildman–Crippen LogP) is 7.48. The Balaban J connectivity index is 2.05. The van der Waals surface area contributed by atoms with Gasteiger partial charge in [-0.1, -0.05) is 105 Å². The zero-order valence-electron chi connectivity index (χ0n) is 19.1. The minimum Gasteiger partial charge on any atom is -0.207 e. The molecular formula is C27H30F3NO2S. The SMILES string of the molecule is CCCCCC[C@H](c1ccccc1)[C@H](NS(=O)(=O)c1ccccc1C(F)(F)F)c1ccccc1. The molecule has 0 spiro atoms. The molecule has 34 heavy (non-hydrogen) atoms. The van der Waals surface area contributed by atoms with Crippen LogP contribution in [0.25, 0.3) is 0 Å². The number of rotatable bonds is 11. The second-order valence-electron chi connectivity index (χ2n) is 8.37. The van der Waals surface area contributed by atoms with Crippen LogP contribution in [0, 0.1) is 0 Å². The quantitative estimate of drug-likeness (QED) is 0.284. The molecule has 0 saturated carbocycles. The molecule has 3 aromatic carbocycles. The van der Waals surface area contributed by atoms with E-state index in [1.54, 1.807) is 12.1 Å².